The third-order valence-electron chi connectivity index (χ3n) is 8.71. The molecule has 0 bridgehead atoms. The van der Waals surface area contributed by atoms with Crippen LogP contribution in [-0.2, 0) is 0 Å². The van der Waals surface area contributed by atoms with E-state index in [1.54, 1.807) is 6.92 Å². The molecule has 2 N–H and O–H groups in total. The number of aliphatic hydroxyl groups excluding tert-OH is 1. The molecule has 5 heteroatoms. The average molecular weight is 358 g/mol. The summed E-state index contributed by atoms with van der Waals surface area (Å²) in [5.74, 6) is 0.587. The summed E-state index contributed by atoms with van der Waals surface area (Å²) in [4.78, 5) is 0. The van der Waals surface area contributed by atoms with Crippen molar-refractivity contribution in [2.24, 2.45) is 28.6 Å². The van der Waals surface area contributed by atoms with E-state index in [4.69, 9.17) is 0 Å². The number of hydrogen-bond donors (Lipinski definition) is 2. The van der Waals surface area contributed by atoms with Gasteiger partial charge in [-0.1, -0.05) is 25.5 Å². The molecular weight excluding hydrogens is 329 g/mol. The quantitative estimate of drug-likeness (QED) is 0.621. The molecule has 4 aliphatic rings. The second kappa shape index (κ2) is 5.25. The maximum absolute atomic E-state index is 13.7. The lowest BCUT2D eigenvalue weighted by molar-refractivity contribution is -0.303. The molecule has 0 aromatic carbocycles. The van der Waals surface area contributed by atoms with Crippen LogP contribution in [0.15, 0.2) is 11.6 Å². The largest absolute Gasteiger partial charge is 0.417 e. The molecule has 1 unspecified atom stereocenters. The zero-order chi connectivity index (χ0) is 18.3. The Hall–Kier alpha value is -0.550. The van der Waals surface area contributed by atoms with Crippen molar-refractivity contribution in [3.05, 3.63) is 11.6 Å². The number of rotatable bonds is 0. The van der Waals surface area contributed by atoms with Crippen LogP contribution in [0.2, 0.25) is 0 Å². The predicted octanol–water partition coefficient (Wildman–Crippen LogP) is 4.60. The van der Waals surface area contributed by atoms with Crippen LogP contribution in [0.3, 0.4) is 0 Å². The van der Waals surface area contributed by atoms with Crippen molar-refractivity contribution in [3.63, 3.8) is 0 Å². The molecule has 142 valence electrons. The Morgan fingerprint density at radius 3 is 2.36 bits per heavy atom. The Kier molecular flexibility index (Phi) is 3.75. The minimum atomic E-state index is -4.55. The summed E-state index contributed by atoms with van der Waals surface area (Å²) in [5, 5.41) is 20.6. The molecule has 0 spiro atoms. The van der Waals surface area contributed by atoms with Gasteiger partial charge in [0.1, 0.15) is 0 Å². The second-order valence-electron chi connectivity index (χ2n) is 9.48. The van der Waals surface area contributed by atoms with Gasteiger partial charge in [0.05, 0.1) is 6.10 Å². The first-order valence-electron chi connectivity index (χ1n) is 9.71. The molecule has 0 aromatic rings. The zero-order valence-corrected chi connectivity index (χ0v) is 15.1. The molecule has 4 rings (SSSR count). The summed E-state index contributed by atoms with van der Waals surface area (Å²) in [6.45, 7) is 3.95. The first-order valence-corrected chi connectivity index (χ1v) is 9.71. The van der Waals surface area contributed by atoms with E-state index in [-0.39, 0.29) is 29.8 Å². The number of fused-ring (bicyclic) bond motifs is 5. The normalized spacial score (nSPS) is 52.8. The number of halogens is 3. The van der Waals surface area contributed by atoms with Gasteiger partial charge >= 0.3 is 6.18 Å². The van der Waals surface area contributed by atoms with E-state index in [0.29, 0.717) is 18.8 Å². The molecule has 4 aliphatic carbocycles. The van der Waals surface area contributed by atoms with E-state index in [1.165, 1.54) is 5.57 Å². The Morgan fingerprint density at radius 1 is 1.00 bits per heavy atom. The number of alkyl halides is 3. The van der Waals surface area contributed by atoms with Crippen molar-refractivity contribution in [2.45, 2.75) is 83.1 Å². The lowest BCUT2D eigenvalue weighted by atomic mass is 9.46. The van der Waals surface area contributed by atoms with Gasteiger partial charge in [-0.05, 0) is 74.5 Å². The van der Waals surface area contributed by atoms with E-state index < -0.39 is 17.2 Å². The predicted molar refractivity (Wildman–Crippen MR) is 88.7 cm³/mol. The van der Waals surface area contributed by atoms with Crippen molar-refractivity contribution in [1.29, 1.82) is 0 Å². The Labute approximate surface area is 147 Å². The van der Waals surface area contributed by atoms with Crippen molar-refractivity contribution in [1.82, 2.24) is 0 Å². The fourth-order valence-electron chi connectivity index (χ4n) is 7.19. The van der Waals surface area contributed by atoms with Gasteiger partial charge in [-0.25, -0.2) is 0 Å². The van der Waals surface area contributed by atoms with E-state index in [1.807, 2.05) is 6.08 Å². The van der Waals surface area contributed by atoms with Crippen molar-refractivity contribution in [2.75, 3.05) is 0 Å². The molecule has 0 saturated heterocycles. The molecule has 3 saturated carbocycles. The van der Waals surface area contributed by atoms with E-state index >= 15 is 0 Å². The van der Waals surface area contributed by atoms with Gasteiger partial charge in [-0.3, -0.25) is 0 Å². The van der Waals surface area contributed by atoms with Crippen LogP contribution >= 0.6 is 0 Å². The summed E-state index contributed by atoms with van der Waals surface area (Å²) >= 11 is 0. The maximum Gasteiger partial charge on any atom is 0.417 e. The highest BCUT2D eigenvalue weighted by molar-refractivity contribution is 5.26. The maximum atomic E-state index is 13.7. The van der Waals surface area contributed by atoms with E-state index in [9.17, 15) is 23.4 Å². The summed E-state index contributed by atoms with van der Waals surface area (Å²) in [7, 11) is 0. The smallest absolute Gasteiger partial charge is 0.389 e. The van der Waals surface area contributed by atoms with Crippen LogP contribution in [0.4, 0.5) is 13.2 Å². The fourth-order valence-corrected chi connectivity index (χ4v) is 7.19. The zero-order valence-electron chi connectivity index (χ0n) is 15.1. The molecule has 0 radical (unpaired) electrons. The van der Waals surface area contributed by atoms with Crippen molar-refractivity contribution in [3.8, 4) is 0 Å². The van der Waals surface area contributed by atoms with E-state index in [0.717, 1.165) is 32.1 Å². The van der Waals surface area contributed by atoms with Gasteiger partial charge in [-0.15, -0.1) is 0 Å². The van der Waals surface area contributed by atoms with Gasteiger partial charge in [0.15, 0.2) is 5.60 Å². The summed E-state index contributed by atoms with van der Waals surface area (Å²) in [6, 6.07) is 0. The lowest BCUT2D eigenvalue weighted by Crippen LogP contribution is -2.60. The van der Waals surface area contributed by atoms with Crippen LogP contribution in [0, 0.1) is 28.6 Å². The van der Waals surface area contributed by atoms with Crippen molar-refractivity contribution >= 4 is 0 Å². The van der Waals surface area contributed by atoms with Gasteiger partial charge in [0, 0.05) is 5.41 Å². The SMILES string of the molecule is C[C@]12CCC(O)C=C1CC[C@@H]1[C@@H]2CC[C@@]2(C)[C@H]1CC[C@@]2(O)C(F)(F)F. The molecule has 0 heterocycles. The van der Waals surface area contributed by atoms with Gasteiger partial charge in [0.25, 0.3) is 0 Å². The highest BCUT2D eigenvalue weighted by Gasteiger charge is 2.72. The van der Waals surface area contributed by atoms with Crippen LogP contribution in [-0.4, -0.2) is 28.1 Å². The van der Waals surface area contributed by atoms with E-state index in [2.05, 4.69) is 6.92 Å². The topological polar surface area (TPSA) is 40.5 Å². The molecule has 7 atom stereocenters. The highest BCUT2D eigenvalue weighted by atomic mass is 19.4. The molecule has 25 heavy (non-hydrogen) atoms. The highest BCUT2D eigenvalue weighted by Crippen LogP contribution is 2.69. The van der Waals surface area contributed by atoms with Gasteiger partial charge in [0.2, 0.25) is 0 Å². The first kappa shape index (κ1) is 17.8. The molecule has 3 fully saturated rings. The van der Waals surface area contributed by atoms with Crippen LogP contribution < -0.4 is 0 Å². The minimum Gasteiger partial charge on any atom is -0.389 e. The fraction of sp³-hybridized carbons (Fsp3) is 0.900. The minimum absolute atomic E-state index is 0.0163. The molecule has 0 aliphatic heterocycles. The summed E-state index contributed by atoms with van der Waals surface area (Å²) < 4.78 is 41.1. The Balaban J connectivity index is 1.68. The molecule has 2 nitrogen and oxygen atoms in total. The van der Waals surface area contributed by atoms with Crippen LogP contribution in [0.5, 0.6) is 0 Å². The summed E-state index contributed by atoms with van der Waals surface area (Å²) in [6.07, 6.45) is 2.06. The second-order valence-corrected chi connectivity index (χ2v) is 9.48. The first-order chi connectivity index (χ1) is 11.5. The molecular formula is C20H29F3O2. The Morgan fingerprint density at radius 2 is 1.68 bits per heavy atom. The number of allylic oxidation sites excluding steroid dienone is 1. The lowest BCUT2D eigenvalue weighted by Gasteiger charge is -2.59. The van der Waals surface area contributed by atoms with Crippen LogP contribution in [0.25, 0.3) is 0 Å². The Bertz CT molecular complexity index is 600. The molecule has 0 amide bonds. The third-order valence-corrected chi connectivity index (χ3v) is 8.71. The van der Waals surface area contributed by atoms with Crippen molar-refractivity contribution < 1.29 is 23.4 Å². The number of aliphatic hydroxyl groups is 2. The summed E-state index contributed by atoms with van der Waals surface area (Å²) in [5.41, 5.74) is -2.25. The average Bonchev–Trinajstić information content (AvgIpc) is 2.81. The van der Waals surface area contributed by atoms with Crippen LogP contribution in [0.1, 0.15) is 65.2 Å². The van der Waals surface area contributed by atoms with Gasteiger partial charge in [-0.2, -0.15) is 13.2 Å². The standard InChI is InChI=1S/C20H29F3O2/c1-17-8-5-13(24)11-12(17)3-4-14-15(17)6-9-18(2)16(14)7-10-19(18,25)20(21,22)23/h11,13-16,24-25H,3-10H2,1-2H3/t13?,14-,15+,16+,17+,18+,19+/m1/s1. The monoisotopic (exact) mass is 358 g/mol. The van der Waals surface area contributed by atoms with Gasteiger partial charge < -0.3 is 10.2 Å². The molecule has 0 aromatic heterocycles. The third kappa shape index (κ3) is 2.17. The number of hydrogen-bond acceptors (Lipinski definition) is 2.